The lowest BCUT2D eigenvalue weighted by atomic mass is 9.89. The minimum atomic E-state index is -4.35. The van der Waals surface area contributed by atoms with Crippen LogP contribution in [0.3, 0.4) is 0 Å². The summed E-state index contributed by atoms with van der Waals surface area (Å²) in [7, 11) is 1.70. The number of alkyl halides is 3. The zero-order chi connectivity index (χ0) is 22.1. The zero-order valence-corrected chi connectivity index (χ0v) is 20.2. The highest BCUT2D eigenvalue weighted by Gasteiger charge is 2.28. The van der Waals surface area contributed by atoms with E-state index in [0.29, 0.717) is 18.4 Å². The van der Waals surface area contributed by atoms with Crippen LogP contribution >= 0.6 is 24.0 Å². The van der Waals surface area contributed by atoms with Crippen LogP contribution in [-0.2, 0) is 11.3 Å². The van der Waals surface area contributed by atoms with Gasteiger partial charge < -0.3 is 20.1 Å². The molecule has 1 aliphatic rings. The molecule has 2 atom stereocenters. The standard InChI is InChI=1S/C23H28F3N3O2.HI/c1-27-22(28-14-17-9-11-20(12-10-17)31-16-23(24,25)26)29-15-19-8-5-13-30-21(19)18-6-3-2-4-7-18;/h2-4,6-7,9-12,19,21H,5,8,13-16H2,1H3,(H2,27,28,29);1H. The molecule has 0 aromatic heterocycles. The number of guanidine groups is 1. The molecule has 0 bridgehead atoms. The molecule has 3 rings (SSSR count). The van der Waals surface area contributed by atoms with E-state index in [1.165, 1.54) is 17.7 Å². The van der Waals surface area contributed by atoms with Gasteiger partial charge in [0.05, 0.1) is 6.10 Å². The van der Waals surface area contributed by atoms with E-state index in [1.807, 2.05) is 18.2 Å². The molecule has 1 aliphatic heterocycles. The smallest absolute Gasteiger partial charge is 0.422 e. The van der Waals surface area contributed by atoms with Gasteiger partial charge in [-0.1, -0.05) is 42.5 Å². The summed E-state index contributed by atoms with van der Waals surface area (Å²) in [5.41, 5.74) is 2.09. The highest BCUT2D eigenvalue weighted by atomic mass is 127. The molecule has 2 aromatic carbocycles. The maximum atomic E-state index is 12.2. The molecular formula is C23H29F3IN3O2. The molecule has 0 aliphatic carbocycles. The summed E-state index contributed by atoms with van der Waals surface area (Å²) in [5, 5.41) is 6.60. The minimum Gasteiger partial charge on any atom is -0.484 e. The Bertz CT molecular complexity index is 833. The first-order chi connectivity index (χ1) is 14.9. The van der Waals surface area contributed by atoms with Crippen LogP contribution in [0.15, 0.2) is 59.6 Å². The summed E-state index contributed by atoms with van der Waals surface area (Å²) in [6.07, 6.45) is -2.18. The van der Waals surface area contributed by atoms with Crippen LogP contribution in [-0.4, -0.2) is 38.9 Å². The Labute approximate surface area is 203 Å². The predicted octanol–water partition coefficient (Wildman–Crippen LogP) is 5.08. The molecule has 5 nitrogen and oxygen atoms in total. The Morgan fingerprint density at radius 3 is 2.47 bits per heavy atom. The zero-order valence-electron chi connectivity index (χ0n) is 17.9. The Morgan fingerprint density at radius 1 is 1.09 bits per heavy atom. The van der Waals surface area contributed by atoms with Gasteiger partial charge in [0.15, 0.2) is 12.6 Å². The number of halogens is 4. The average Bonchev–Trinajstić information content (AvgIpc) is 2.79. The van der Waals surface area contributed by atoms with E-state index < -0.39 is 12.8 Å². The predicted molar refractivity (Wildman–Crippen MR) is 129 cm³/mol. The molecule has 2 unspecified atom stereocenters. The highest BCUT2D eigenvalue weighted by Crippen LogP contribution is 2.33. The molecule has 9 heteroatoms. The summed E-state index contributed by atoms with van der Waals surface area (Å²) in [6.45, 7) is 0.688. The van der Waals surface area contributed by atoms with Crippen molar-refractivity contribution >= 4 is 29.9 Å². The van der Waals surface area contributed by atoms with Crippen LogP contribution in [0.1, 0.15) is 30.1 Å². The third-order valence-electron chi connectivity index (χ3n) is 5.11. The molecule has 1 fully saturated rings. The summed E-state index contributed by atoms with van der Waals surface area (Å²) in [6, 6.07) is 16.8. The summed E-state index contributed by atoms with van der Waals surface area (Å²) in [4.78, 5) is 4.26. The number of ether oxygens (including phenoxy) is 2. The van der Waals surface area contributed by atoms with Crippen LogP contribution < -0.4 is 15.4 Å². The molecule has 2 aromatic rings. The van der Waals surface area contributed by atoms with Crippen LogP contribution in [0.25, 0.3) is 0 Å². The molecule has 32 heavy (non-hydrogen) atoms. The van der Waals surface area contributed by atoms with E-state index in [2.05, 4.69) is 27.8 Å². The van der Waals surface area contributed by atoms with Gasteiger partial charge in [-0.2, -0.15) is 13.2 Å². The first kappa shape index (κ1) is 26.2. The molecule has 1 saturated heterocycles. The second-order valence-electron chi connectivity index (χ2n) is 7.46. The first-order valence-corrected chi connectivity index (χ1v) is 10.3. The third kappa shape index (κ3) is 8.50. The number of hydrogen-bond acceptors (Lipinski definition) is 3. The Kier molecular flexibility index (Phi) is 10.6. The van der Waals surface area contributed by atoms with E-state index in [9.17, 15) is 13.2 Å². The van der Waals surface area contributed by atoms with Crippen LogP contribution in [0.5, 0.6) is 5.75 Å². The highest BCUT2D eigenvalue weighted by molar-refractivity contribution is 14.0. The maximum Gasteiger partial charge on any atom is 0.422 e. The largest absolute Gasteiger partial charge is 0.484 e. The quantitative estimate of drug-likeness (QED) is 0.281. The van der Waals surface area contributed by atoms with Crippen molar-refractivity contribution in [2.45, 2.75) is 31.7 Å². The van der Waals surface area contributed by atoms with Crippen LogP contribution in [0.4, 0.5) is 13.2 Å². The summed E-state index contributed by atoms with van der Waals surface area (Å²) >= 11 is 0. The van der Waals surface area contributed by atoms with E-state index >= 15 is 0 Å². The van der Waals surface area contributed by atoms with Gasteiger partial charge in [-0.3, -0.25) is 4.99 Å². The molecule has 176 valence electrons. The van der Waals surface area contributed by atoms with Gasteiger partial charge in [-0.25, -0.2) is 0 Å². The van der Waals surface area contributed by atoms with E-state index in [4.69, 9.17) is 9.47 Å². The van der Waals surface area contributed by atoms with Crippen molar-refractivity contribution in [2.75, 3.05) is 26.8 Å². The lowest BCUT2D eigenvalue weighted by Crippen LogP contribution is -2.41. The molecule has 0 spiro atoms. The normalized spacial score (nSPS) is 19.1. The number of aliphatic imine (C=N–C) groups is 1. The lowest BCUT2D eigenvalue weighted by Gasteiger charge is -2.32. The second-order valence-corrected chi connectivity index (χ2v) is 7.46. The van der Waals surface area contributed by atoms with Crippen molar-refractivity contribution in [3.8, 4) is 5.75 Å². The molecule has 1 heterocycles. The Hall–Kier alpha value is -2.01. The molecule has 2 N–H and O–H groups in total. The number of nitrogens with one attached hydrogen (secondary N) is 2. The monoisotopic (exact) mass is 563 g/mol. The number of nitrogens with zero attached hydrogens (tertiary/aromatic N) is 1. The molecule has 0 amide bonds. The van der Waals surface area contributed by atoms with Crippen molar-refractivity contribution in [3.63, 3.8) is 0 Å². The minimum absolute atomic E-state index is 0. The second kappa shape index (κ2) is 12.9. The first-order valence-electron chi connectivity index (χ1n) is 10.3. The number of rotatable bonds is 7. The van der Waals surface area contributed by atoms with Crippen molar-refractivity contribution < 1.29 is 22.6 Å². The Morgan fingerprint density at radius 2 is 1.81 bits per heavy atom. The fourth-order valence-corrected chi connectivity index (χ4v) is 3.57. The fraction of sp³-hybridized carbons (Fsp3) is 0.435. The van der Waals surface area contributed by atoms with Gasteiger partial charge in [0.25, 0.3) is 0 Å². The van der Waals surface area contributed by atoms with Gasteiger partial charge in [-0.15, -0.1) is 24.0 Å². The van der Waals surface area contributed by atoms with E-state index in [-0.39, 0.29) is 35.8 Å². The topological polar surface area (TPSA) is 54.9 Å². The fourth-order valence-electron chi connectivity index (χ4n) is 3.57. The van der Waals surface area contributed by atoms with Crippen molar-refractivity contribution in [2.24, 2.45) is 10.9 Å². The van der Waals surface area contributed by atoms with E-state index in [1.54, 1.807) is 19.2 Å². The summed E-state index contributed by atoms with van der Waals surface area (Å²) in [5.74, 6) is 1.18. The van der Waals surface area contributed by atoms with Crippen LogP contribution in [0.2, 0.25) is 0 Å². The average molecular weight is 563 g/mol. The van der Waals surface area contributed by atoms with Crippen molar-refractivity contribution in [3.05, 3.63) is 65.7 Å². The SMILES string of the molecule is CN=C(NCc1ccc(OCC(F)(F)F)cc1)NCC1CCCOC1c1ccccc1.I. The molecule has 0 saturated carbocycles. The molecular weight excluding hydrogens is 534 g/mol. The van der Waals surface area contributed by atoms with Crippen molar-refractivity contribution in [1.29, 1.82) is 0 Å². The Balaban J connectivity index is 0.00000363. The van der Waals surface area contributed by atoms with Crippen LogP contribution in [0, 0.1) is 5.92 Å². The van der Waals surface area contributed by atoms with Gasteiger partial charge in [0.2, 0.25) is 0 Å². The third-order valence-corrected chi connectivity index (χ3v) is 5.11. The van der Waals surface area contributed by atoms with Gasteiger partial charge in [0.1, 0.15) is 5.75 Å². The van der Waals surface area contributed by atoms with Gasteiger partial charge in [-0.05, 0) is 36.1 Å². The van der Waals surface area contributed by atoms with Gasteiger partial charge in [0, 0.05) is 32.7 Å². The van der Waals surface area contributed by atoms with Crippen molar-refractivity contribution in [1.82, 2.24) is 10.6 Å². The number of hydrogen-bond donors (Lipinski definition) is 2. The lowest BCUT2D eigenvalue weighted by molar-refractivity contribution is -0.153. The number of benzene rings is 2. The van der Waals surface area contributed by atoms with Gasteiger partial charge >= 0.3 is 6.18 Å². The van der Waals surface area contributed by atoms with E-state index in [0.717, 1.165) is 31.6 Å². The maximum absolute atomic E-state index is 12.2. The summed E-state index contributed by atoms with van der Waals surface area (Å²) < 4.78 is 47.5. The molecule has 0 radical (unpaired) electrons.